The number of hydrogen-bond donors (Lipinski definition) is 0. The summed E-state index contributed by atoms with van der Waals surface area (Å²) in [6.07, 6.45) is 4.62. The van der Waals surface area contributed by atoms with E-state index in [0.29, 0.717) is 17.9 Å². The van der Waals surface area contributed by atoms with Gasteiger partial charge in [-0.2, -0.15) is 0 Å². The first-order valence-electron chi connectivity index (χ1n) is 6.38. The van der Waals surface area contributed by atoms with Gasteiger partial charge in [0, 0.05) is 12.5 Å². The van der Waals surface area contributed by atoms with Crippen molar-refractivity contribution in [3.63, 3.8) is 0 Å². The summed E-state index contributed by atoms with van der Waals surface area (Å²) in [6.45, 7) is -0.603. The van der Waals surface area contributed by atoms with Crippen molar-refractivity contribution in [3.8, 4) is 0 Å². The van der Waals surface area contributed by atoms with Crippen LogP contribution in [0.25, 0.3) is 0 Å². The van der Waals surface area contributed by atoms with Crippen LogP contribution in [0.15, 0.2) is 0 Å². The van der Waals surface area contributed by atoms with E-state index in [1.165, 1.54) is 12.8 Å². The molecule has 4 heteroatoms. The van der Waals surface area contributed by atoms with Crippen LogP contribution in [0.4, 0.5) is 4.39 Å². The summed E-state index contributed by atoms with van der Waals surface area (Å²) in [5.74, 6) is 0.822. The highest BCUT2D eigenvalue weighted by atomic mass is 19.1. The third-order valence-electron chi connectivity index (χ3n) is 6.12. The second-order valence-electron chi connectivity index (χ2n) is 6.50. The number of esters is 1. The second kappa shape index (κ2) is 2.68. The lowest BCUT2D eigenvalue weighted by Crippen LogP contribution is -2.62. The summed E-state index contributed by atoms with van der Waals surface area (Å²) in [5.41, 5.74) is 0.595. The second-order valence-corrected chi connectivity index (χ2v) is 6.50. The van der Waals surface area contributed by atoms with Gasteiger partial charge in [0.05, 0.1) is 12.2 Å². The van der Waals surface area contributed by atoms with E-state index in [2.05, 4.69) is 0 Å². The van der Waals surface area contributed by atoms with Crippen molar-refractivity contribution in [2.45, 2.75) is 31.3 Å². The Morgan fingerprint density at radius 3 is 2.82 bits per heavy atom. The minimum atomic E-state index is -1.01. The molecule has 3 nitrogen and oxygen atoms in total. The van der Waals surface area contributed by atoms with Crippen molar-refractivity contribution in [2.24, 2.45) is 22.7 Å². The maximum atomic E-state index is 12.1. The standard InChI is InChI=1S/C13H17FO3/c1-16-13-3-8-2-12(10(8)13)5-11(12,6-13)7-17-9(15)4-14/h8,10H,2-7H2,1H3. The predicted molar refractivity (Wildman–Crippen MR) is 57.0 cm³/mol. The van der Waals surface area contributed by atoms with Gasteiger partial charge in [0.15, 0.2) is 6.67 Å². The fourth-order valence-corrected chi connectivity index (χ4v) is 5.60. The number of carbonyl (C=O) groups excluding carboxylic acids is 1. The van der Waals surface area contributed by atoms with Crippen LogP contribution in [0.3, 0.4) is 0 Å². The minimum absolute atomic E-state index is 0.0727. The van der Waals surface area contributed by atoms with Crippen molar-refractivity contribution in [1.82, 2.24) is 0 Å². The molecule has 0 aromatic rings. The fraction of sp³-hybridized carbons (Fsp3) is 0.923. The molecule has 17 heavy (non-hydrogen) atoms. The molecule has 5 atom stereocenters. The van der Waals surface area contributed by atoms with Crippen LogP contribution in [0.1, 0.15) is 25.7 Å². The first kappa shape index (κ1) is 10.3. The van der Waals surface area contributed by atoms with Crippen LogP contribution >= 0.6 is 0 Å². The third-order valence-corrected chi connectivity index (χ3v) is 6.12. The Kier molecular flexibility index (Phi) is 1.63. The van der Waals surface area contributed by atoms with Crippen molar-refractivity contribution in [2.75, 3.05) is 20.4 Å². The molecule has 0 amide bonds. The molecule has 0 saturated heterocycles. The molecular weight excluding hydrogens is 223 g/mol. The summed E-state index contributed by atoms with van der Waals surface area (Å²) in [7, 11) is 1.80. The average molecular weight is 240 g/mol. The molecule has 0 N–H and O–H groups in total. The van der Waals surface area contributed by atoms with E-state index >= 15 is 0 Å². The molecule has 0 bridgehead atoms. The molecule has 4 fully saturated rings. The largest absolute Gasteiger partial charge is 0.463 e. The van der Waals surface area contributed by atoms with Crippen LogP contribution in [0, 0.1) is 22.7 Å². The Morgan fingerprint density at radius 2 is 2.24 bits per heavy atom. The molecule has 1 spiro atoms. The van der Waals surface area contributed by atoms with Gasteiger partial charge in [-0.3, -0.25) is 0 Å². The smallest absolute Gasteiger partial charge is 0.337 e. The first-order chi connectivity index (χ1) is 8.11. The zero-order valence-electron chi connectivity index (χ0n) is 10.0. The van der Waals surface area contributed by atoms with Crippen molar-refractivity contribution < 1.29 is 18.7 Å². The highest BCUT2D eigenvalue weighted by Gasteiger charge is 2.90. The Hall–Kier alpha value is -0.640. The van der Waals surface area contributed by atoms with Crippen LogP contribution in [0.2, 0.25) is 0 Å². The summed E-state index contributed by atoms with van der Waals surface area (Å²) in [5, 5.41) is 0. The van der Waals surface area contributed by atoms with Crippen molar-refractivity contribution in [3.05, 3.63) is 0 Å². The number of carbonyl (C=O) groups is 1. The molecule has 94 valence electrons. The van der Waals surface area contributed by atoms with Gasteiger partial charge in [0.1, 0.15) is 0 Å². The van der Waals surface area contributed by atoms with Gasteiger partial charge in [0.25, 0.3) is 0 Å². The molecule has 5 unspecified atom stereocenters. The van der Waals surface area contributed by atoms with E-state index < -0.39 is 12.6 Å². The normalized spacial score (nSPS) is 56.4. The summed E-state index contributed by atoms with van der Waals surface area (Å²) in [4.78, 5) is 10.9. The van der Waals surface area contributed by atoms with E-state index in [0.717, 1.165) is 18.8 Å². The van der Waals surface area contributed by atoms with Gasteiger partial charge < -0.3 is 9.47 Å². The maximum Gasteiger partial charge on any atom is 0.337 e. The molecular formula is C13H17FO3. The summed E-state index contributed by atoms with van der Waals surface area (Å²) >= 11 is 0. The van der Waals surface area contributed by atoms with Gasteiger partial charge in [-0.15, -0.1) is 0 Å². The SMILES string of the molecule is COC12CC3CC4(CC4(COC(=O)CF)C1)C32. The molecule has 0 aromatic heterocycles. The highest BCUT2D eigenvalue weighted by Crippen LogP contribution is 2.92. The third kappa shape index (κ3) is 0.895. The molecule has 4 aliphatic carbocycles. The topological polar surface area (TPSA) is 35.5 Å². The molecule has 0 radical (unpaired) electrons. The van der Waals surface area contributed by atoms with E-state index in [1.54, 1.807) is 7.11 Å². The number of hydrogen-bond acceptors (Lipinski definition) is 3. The van der Waals surface area contributed by atoms with Crippen LogP contribution in [-0.4, -0.2) is 32.0 Å². The minimum Gasteiger partial charge on any atom is -0.463 e. The van der Waals surface area contributed by atoms with Gasteiger partial charge >= 0.3 is 5.97 Å². The fourth-order valence-electron chi connectivity index (χ4n) is 5.60. The zero-order chi connectivity index (χ0) is 11.9. The van der Waals surface area contributed by atoms with E-state index in [9.17, 15) is 9.18 Å². The Bertz CT molecular complexity index is 411. The quantitative estimate of drug-likeness (QED) is 0.702. The van der Waals surface area contributed by atoms with Gasteiger partial charge in [-0.1, -0.05) is 0 Å². The molecule has 4 rings (SSSR count). The van der Waals surface area contributed by atoms with Crippen LogP contribution in [0.5, 0.6) is 0 Å². The number of alkyl halides is 1. The molecule has 0 aliphatic heterocycles. The number of halogens is 1. The molecule has 4 aliphatic rings. The maximum absolute atomic E-state index is 12.1. The molecule has 4 saturated carbocycles. The lowest BCUT2D eigenvalue weighted by molar-refractivity contribution is -0.221. The van der Waals surface area contributed by atoms with Crippen LogP contribution < -0.4 is 0 Å². The zero-order valence-corrected chi connectivity index (χ0v) is 10.0. The monoisotopic (exact) mass is 240 g/mol. The van der Waals surface area contributed by atoms with Gasteiger partial charge in [-0.25, -0.2) is 9.18 Å². The lowest BCUT2D eigenvalue weighted by Gasteiger charge is -2.62. The number of ether oxygens (including phenoxy) is 2. The molecule has 0 heterocycles. The van der Waals surface area contributed by atoms with E-state index in [1.807, 2.05) is 0 Å². The van der Waals surface area contributed by atoms with Gasteiger partial charge in [0.2, 0.25) is 0 Å². The van der Waals surface area contributed by atoms with E-state index in [4.69, 9.17) is 9.47 Å². The van der Waals surface area contributed by atoms with Crippen molar-refractivity contribution in [1.29, 1.82) is 0 Å². The van der Waals surface area contributed by atoms with Gasteiger partial charge in [-0.05, 0) is 42.9 Å². The highest BCUT2D eigenvalue weighted by molar-refractivity contribution is 5.70. The Labute approximate surface area is 99.6 Å². The first-order valence-corrected chi connectivity index (χ1v) is 6.38. The lowest BCUT2D eigenvalue weighted by atomic mass is 9.46. The number of methoxy groups -OCH3 is 1. The average Bonchev–Trinajstić information content (AvgIpc) is 2.91. The number of rotatable bonds is 4. The predicted octanol–water partition coefficient (Wildman–Crippen LogP) is 1.70. The molecule has 0 aromatic carbocycles. The van der Waals surface area contributed by atoms with Crippen molar-refractivity contribution >= 4 is 5.97 Å². The van der Waals surface area contributed by atoms with Crippen LogP contribution in [-0.2, 0) is 14.3 Å². The van der Waals surface area contributed by atoms with E-state index in [-0.39, 0.29) is 11.0 Å². The Balaban J connectivity index is 1.52. The summed E-state index contributed by atoms with van der Waals surface area (Å²) < 4.78 is 22.9. The Morgan fingerprint density at radius 1 is 1.41 bits per heavy atom. The summed E-state index contributed by atoms with van der Waals surface area (Å²) in [6, 6.07) is 0.